The third kappa shape index (κ3) is 6.50. The van der Waals surface area contributed by atoms with Crippen LogP contribution in [0.5, 0.6) is 0 Å². The van der Waals surface area contributed by atoms with E-state index in [4.69, 9.17) is 11.6 Å². The highest BCUT2D eigenvalue weighted by molar-refractivity contribution is 7.99. The summed E-state index contributed by atoms with van der Waals surface area (Å²) >= 11 is 7.52. The number of para-hydroxylation sites is 1. The van der Waals surface area contributed by atoms with Crippen molar-refractivity contribution in [2.24, 2.45) is 0 Å². The van der Waals surface area contributed by atoms with Gasteiger partial charge in [0.1, 0.15) is 6.54 Å². The number of hydrogen-bond donors (Lipinski definition) is 1. The van der Waals surface area contributed by atoms with E-state index in [1.165, 1.54) is 29.8 Å². The van der Waals surface area contributed by atoms with Crippen molar-refractivity contribution in [1.29, 1.82) is 0 Å². The lowest BCUT2D eigenvalue weighted by Crippen LogP contribution is -2.41. The van der Waals surface area contributed by atoms with E-state index in [1.807, 2.05) is 31.2 Å². The summed E-state index contributed by atoms with van der Waals surface area (Å²) in [5, 5.41) is 3.25. The lowest BCUT2D eigenvalue weighted by atomic mass is 10.2. The normalized spacial score (nSPS) is 11.2. The van der Waals surface area contributed by atoms with Crippen molar-refractivity contribution >= 4 is 45.0 Å². The van der Waals surface area contributed by atoms with Crippen LogP contribution in [0.1, 0.15) is 5.56 Å². The molecule has 0 saturated carbocycles. The minimum Gasteiger partial charge on any atom is -0.354 e. The molecule has 0 bridgehead atoms. The fraction of sp³-hybridized carbons (Fsp3) is 0.174. The Kier molecular flexibility index (Phi) is 8.01. The number of anilines is 1. The van der Waals surface area contributed by atoms with Gasteiger partial charge in [0, 0.05) is 22.2 Å². The highest BCUT2D eigenvalue weighted by atomic mass is 35.5. The third-order valence-electron chi connectivity index (χ3n) is 4.45. The van der Waals surface area contributed by atoms with Crippen LogP contribution in [-0.2, 0) is 14.8 Å². The van der Waals surface area contributed by atoms with Gasteiger partial charge < -0.3 is 5.32 Å². The first kappa shape index (κ1) is 23.2. The molecule has 0 aliphatic carbocycles. The minimum absolute atomic E-state index is 0.0727. The molecule has 3 aromatic carbocycles. The standard InChI is InChI=1S/C23H23ClN2O3S2/c1-18-7-11-21(12-8-18)30-16-15-25-23(27)17-26(20-5-3-2-4-6-20)31(28,29)22-13-9-19(24)10-14-22/h2-14H,15-17H2,1H3,(H,25,27). The van der Waals surface area contributed by atoms with Crippen molar-refractivity contribution in [3.05, 3.63) is 89.4 Å². The highest BCUT2D eigenvalue weighted by Crippen LogP contribution is 2.24. The first-order valence-electron chi connectivity index (χ1n) is 9.66. The first-order valence-corrected chi connectivity index (χ1v) is 12.5. The van der Waals surface area contributed by atoms with Crippen LogP contribution >= 0.6 is 23.4 Å². The predicted octanol–water partition coefficient (Wildman–Crippen LogP) is 4.75. The van der Waals surface area contributed by atoms with E-state index < -0.39 is 10.0 Å². The molecule has 0 aliphatic heterocycles. The van der Waals surface area contributed by atoms with E-state index in [9.17, 15) is 13.2 Å². The molecule has 8 heteroatoms. The van der Waals surface area contributed by atoms with Crippen LogP contribution in [0.3, 0.4) is 0 Å². The molecule has 0 radical (unpaired) electrons. The maximum atomic E-state index is 13.2. The number of rotatable bonds is 9. The molecule has 0 fully saturated rings. The van der Waals surface area contributed by atoms with Gasteiger partial charge in [0.2, 0.25) is 5.91 Å². The van der Waals surface area contributed by atoms with Crippen molar-refractivity contribution in [3.63, 3.8) is 0 Å². The van der Waals surface area contributed by atoms with Crippen LogP contribution in [0, 0.1) is 6.92 Å². The van der Waals surface area contributed by atoms with Crippen LogP contribution in [0.25, 0.3) is 0 Å². The Morgan fingerprint density at radius 1 is 0.968 bits per heavy atom. The molecular weight excluding hydrogens is 452 g/mol. The van der Waals surface area contributed by atoms with Gasteiger partial charge in [-0.2, -0.15) is 0 Å². The lowest BCUT2D eigenvalue weighted by Gasteiger charge is -2.24. The van der Waals surface area contributed by atoms with Gasteiger partial charge in [0.15, 0.2) is 0 Å². The zero-order valence-electron chi connectivity index (χ0n) is 17.0. The molecule has 0 aliphatic rings. The van der Waals surface area contributed by atoms with Gasteiger partial charge in [-0.3, -0.25) is 9.10 Å². The highest BCUT2D eigenvalue weighted by Gasteiger charge is 2.27. The van der Waals surface area contributed by atoms with Gasteiger partial charge in [-0.1, -0.05) is 47.5 Å². The summed E-state index contributed by atoms with van der Waals surface area (Å²) in [6.07, 6.45) is 0. The molecule has 162 valence electrons. The number of amides is 1. The number of aryl methyl sites for hydroxylation is 1. The van der Waals surface area contributed by atoms with Gasteiger partial charge in [0.25, 0.3) is 10.0 Å². The topological polar surface area (TPSA) is 66.5 Å². The second-order valence-corrected chi connectivity index (χ2v) is 10.3. The van der Waals surface area contributed by atoms with Crippen LogP contribution < -0.4 is 9.62 Å². The summed E-state index contributed by atoms with van der Waals surface area (Å²) in [6.45, 7) is 2.15. The Morgan fingerprint density at radius 3 is 2.26 bits per heavy atom. The third-order valence-corrected chi connectivity index (χ3v) is 7.50. The average molecular weight is 475 g/mol. The molecule has 31 heavy (non-hydrogen) atoms. The summed E-state index contributed by atoms with van der Waals surface area (Å²) in [5.41, 5.74) is 1.61. The lowest BCUT2D eigenvalue weighted by molar-refractivity contribution is -0.119. The van der Waals surface area contributed by atoms with Gasteiger partial charge in [0.05, 0.1) is 10.6 Å². The summed E-state index contributed by atoms with van der Waals surface area (Å²) in [7, 11) is -3.93. The van der Waals surface area contributed by atoms with E-state index in [1.54, 1.807) is 42.1 Å². The van der Waals surface area contributed by atoms with E-state index in [0.717, 1.165) is 9.20 Å². The number of carbonyl (C=O) groups is 1. The summed E-state index contributed by atoms with van der Waals surface area (Å²) in [5.74, 6) is 0.315. The fourth-order valence-electron chi connectivity index (χ4n) is 2.82. The number of nitrogens with zero attached hydrogens (tertiary/aromatic N) is 1. The first-order chi connectivity index (χ1) is 14.9. The molecule has 0 saturated heterocycles. The van der Waals surface area contributed by atoms with Crippen LogP contribution in [0.15, 0.2) is 88.7 Å². The Hall–Kier alpha value is -2.48. The molecule has 3 rings (SSSR count). The van der Waals surface area contributed by atoms with Crippen molar-refractivity contribution in [1.82, 2.24) is 5.32 Å². The summed E-state index contributed by atoms with van der Waals surface area (Å²) in [4.78, 5) is 13.8. The van der Waals surface area contributed by atoms with Crippen LogP contribution in [0.2, 0.25) is 5.02 Å². The fourth-order valence-corrected chi connectivity index (χ4v) is 5.14. The number of carbonyl (C=O) groups excluding carboxylic acids is 1. The Bertz CT molecular complexity index is 1100. The second-order valence-electron chi connectivity index (χ2n) is 6.81. The Balaban J connectivity index is 1.66. The Labute approximate surface area is 192 Å². The van der Waals surface area contributed by atoms with E-state index >= 15 is 0 Å². The average Bonchev–Trinajstić information content (AvgIpc) is 2.77. The predicted molar refractivity (Wildman–Crippen MR) is 127 cm³/mol. The number of hydrogen-bond acceptors (Lipinski definition) is 4. The van der Waals surface area contributed by atoms with Crippen LogP contribution in [-0.4, -0.2) is 33.2 Å². The molecule has 0 aromatic heterocycles. The molecule has 1 amide bonds. The van der Waals surface area contributed by atoms with E-state index in [0.29, 0.717) is 23.0 Å². The molecule has 0 spiro atoms. The number of halogens is 1. The molecule has 5 nitrogen and oxygen atoms in total. The summed E-state index contributed by atoms with van der Waals surface area (Å²) < 4.78 is 27.6. The van der Waals surface area contributed by atoms with E-state index in [2.05, 4.69) is 5.32 Å². The molecular formula is C23H23ClN2O3S2. The second kappa shape index (κ2) is 10.7. The number of sulfonamides is 1. The Morgan fingerprint density at radius 2 is 1.61 bits per heavy atom. The number of benzene rings is 3. The van der Waals surface area contributed by atoms with Gasteiger partial charge >= 0.3 is 0 Å². The van der Waals surface area contributed by atoms with Crippen molar-refractivity contribution in [2.45, 2.75) is 16.7 Å². The van der Waals surface area contributed by atoms with Crippen LogP contribution in [0.4, 0.5) is 5.69 Å². The van der Waals surface area contributed by atoms with Crippen molar-refractivity contribution in [3.8, 4) is 0 Å². The van der Waals surface area contributed by atoms with Crippen molar-refractivity contribution in [2.75, 3.05) is 23.1 Å². The van der Waals surface area contributed by atoms with Gasteiger partial charge in [-0.05, 0) is 55.5 Å². The largest absolute Gasteiger partial charge is 0.354 e. The van der Waals surface area contributed by atoms with Crippen molar-refractivity contribution < 1.29 is 13.2 Å². The molecule has 1 N–H and O–H groups in total. The zero-order valence-corrected chi connectivity index (χ0v) is 19.4. The quantitative estimate of drug-likeness (QED) is 0.359. The monoisotopic (exact) mass is 474 g/mol. The molecule has 0 atom stereocenters. The maximum absolute atomic E-state index is 13.2. The minimum atomic E-state index is -3.93. The smallest absolute Gasteiger partial charge is 0.264 e. The SMILES string of the molecule is Cc1ccc(SCCNC(=O)CN(c2ccccc2)S(=O)(=O)c2ccc(Cl)cc2)cc1. The zero-order chi connectivity index (χ0) is 22.3. The van der Waals surface area contributed by atoms with Gasteiger partial charge in [-0.15, -0.1) is 11.8 Å². The molecule has 0 unspecified atom stereocenters. The molecule has 3 aromatic rings. The van der Waals surface area contributed by atoms with Gasteiger partial charge in [-0.25, -0.2) is 8.42 Å². The molecule has 0 heterocycles. The summed E-state index contributed by atoms with van der Waals surface area (Å²) in [6, 6.07) is 22.6. The maximum Gasteiger partial charge on any atom is 0.264 e. The van der Waals surface area contributed by atoms with E-state index in [-0.39, 0.29) is 17.3 Å². The number of nitrogens with one attached hydrogen (secondary N) is 1. The number of thioether (sulfide) groups is 1.